The molecule has 0 bridgehead atoms. The number of hydrogen-bond donors (Lipinski definition) is 3. The van der Waals surface area contributed by atoms with Gasteiger partial charge in [0.2, 0.25) is 0 Å². The van der Waals surface area contributed by atoms with Gasteiger partial charge >= 0.3 is 0 Å². The number of carbonyl (C=O) groups excluding carboxylic acids is 2. The van der Waals surface area contributed by atoms with Crippen molar-refractivity contribution >= 4 is 45.9 Å². The van der Waals surface area contributed by atoms with Crippen LogP contribution in [0.5, 0.6) is 5.75 Å². The van der Waals surface area contributed by atoms with E-state index in [2.05, 4.69) is 4.98 Å². The molecule has 0 radical (unpaired) electrons. The highest BCUT2D eigenvalue weighted by Crippen LogP contribution is 2.36. The molecule has 0 atom stereocenters. The number of amides is 2. The minimum Gasteiger partial charge on any atom is -0.496 e. The molecule has 2 amide bonds. The molecule has 10 heteroatoms. The van der Waals surface area contributed by atoms with Crippen LogP contribution in [-0.4, -0.2) is 40.6 Å². The van der Waals surface area contributed by atoms with Gasteiger partial charge < -0.3 is 19.0 Å². The van der Waals surface area contributed by atoms with Crippen LogP contribution < -0.4 is 10.2 Å². The first-order chi connectivity index (χ1) is 15.5. The number of methoxy groups -OCH3 is 1. The number of aromatic nitrogens is 1. The van der Waals surface area contributed by atoms with E-state index in [4.69, 9.17) is 26.0 Å². The van der Waals surface area contributed by atoms with Crippen molar-refractivity contribution in [3.8, 4) is 17.1 Å². The van der Waals surface area contributed by atoms with E-state index in [1.54, 1.807) is 41.8 Å². The van der Waals surface area contributed by atoms with E-state index in [0.29, 0.717) is 57.7 Å². The van der Waals surface area contributed by atoms with Crippen molar-refractivity contribution in [2.24, 2.45) is 0 Å². The molecule has 164 valence electrons. The maximum absolute atomic E-state index is 13.1. The second kappa shape index (κ2) is 8.01. The number of halogens is 1. The zero-order valence-corrected chi connectivity index (χ0v) is 18.5. The Morgan fingerprint density at radius 1 is 1.28 bits per heavy atom. The Bertz CT molecular complexity index is 1320. The van der Waals surface area contributed by atoms with E-state index in [1.807, 2.05) is 12.1 Å². The first kappa shape index (κ1) is 20.6. The lowest BCUT2D eigenvalue weighted by molar-refractivity contribution is 0.0710. The Labute approximate surface area is 191 Å². The molecule has 0 saturated carbocycles. The van der Waals surface area contributed by atoms with E-state index >= 15 is 0 Å². The van der Waals surface area contributed by atoms with Crippen LogP contribution >= 0.6 is 22.9 Å². The maximum Gasteiger partial charge on any atom is 0.284 e. The zero-order valence-electron chi connectivity index (χ0n) is 16.9. The maximum atomic E-state index is 13.1. The molecule has 0 spiro atoms. The first-order valence-electron chi connectivity index (χ1n) is 9.78. The molecule has 4 heterocycles. The molecule has 0 aliphatic carbocycles. The number of benzene rings is 1. The van der Waals surface area contributed by atoms with Gasteiger partial charge in [0.15, 0.2) is 5.58 Å². The molecular formula is C22H18ClN3O5S. The van der Waals surface area contributed by atoms with E-state index in [0.717, 1.165) is 16.0 Å². The van der Waals surface area contributed by atoms with Crippen LogP contribution in [0, 0.1) is 0 Å². The summed E-state index contributed by atoms with van der Waals surface area (Å²) >= 11 is 7.37. The highest BCUT2D eigenvalue weighted by Gasteiger charge is 2.26. The molecule has 1 aliphatic rings. The molecule has 32 heavy (non-hydrogen) atoms. The topological polar surface area (TPSA) is 108 Å². The van der Waals surface area contributed by atoms with Gasteiger partial charge in [-0.25, -0.2) is 5.48 Å². The minimum absolute atomic E-state index is 0.146. The summed E-state index contributed by atoms with van der Waals surface area (Å²) in [6.45, 7) is 0.942. The molecule has 8 nitrogen and oxygen atoms in total. The molecule has 0 saturated heterocycles. The Kier molecular flexibility index (Phi) is 5.16. The number of nitrogens with zero attached hydrogens (tertiary/aromatic N) is 1. The Morgan fingerprint density at radius 2 is 2.12 bits per heavy atom. The van der Waals surface area contributed by atoms with E-state index in [-0.39, 0.29) is 5.91 Å². The van der Waals surface area contributed by atoms with Gasteiger partial charge in [-0.15, -0.1) is 11.3 Å². The van der Waals surface area contributed by atoms with E-state index in [9.17, 15) is 9.59 Å². The number of hydrogen-bond acceptors (Lipinski definition) is 6. The lowest BCUT2D eigenvalue weighted by atomic mass is 10.1. The summed E-state index contributed by atoms with van der Waals surface area (Å²) < 4.78 is 11.4. The predicted molar refractivity (Wildman–Crippen MR) is 120 cm³/mol. The van der Waals surface area contributed by atoms with Gasteiger partial charge in [0.25, 0.3) is 11.8 Å². The van der Waals surface area contributed by atoms with Gasteiger partial charge in [0.05, 0.1) is 23.1 Å². The largest absolute Gasteiger partial charge is 0.496 e. The highest BCUT2D eigenvalue weighted by molar-refractivity contribution is 7.14. The van der Waals surface area contributed by atoms with E-state index in [1.165, 1.54) is 11.3 Å². The molecule has 0 fully saturated rings. The van der Waals surface area contributed by atoms with Crippen LogP contribution in [0.25, 0.3) is 22.4 Å². The number of ether oxygens (including phenoxy) is 1. The smallest absolute Gasteiger partial charge is 0.284 e. The number of furan rings is 1. The fourth-order valence-electron chi connectivity index (χ4n) is 3.88. The average molecular weight is 472 g/mol. The second-order valence-corrected chi connectivity index (χ2v) is 8.97. The van der Waals surface area contributed by atoms with Crippen molar-refractivity contribution in [1.82, 2.24) is 15.4 Å². The van der Waals surface area contributed by atoms with Crippen LogP contribution in [0.2, 0.25) is 5.02 Å². The van der Waals surface area contributed by atoms with Crippen molar-refractivity contribution in [1.29, 1.82) is 0 Å². The van der Waals surface area contributed by atoms with Crippen molar-refractivity contribution in [3.05, 3.63) is 62.4 Å². The summed E-state index contributed by atoms with van der Waals surface area (Å²) in [7, 11) is 1.57. The van der Waals surface area contributed by atoms with Crippen LogP contribution in [-0.2, 0) is 13.0 Å². The molecule has 5 rings (SSSR count). The summed E-state index contributed by atoms with van der Waals surface area (Å²) in [4.78, 5) is 31.1. The van der Waals surface area contributed by atoms with Crippen LogP contribution in [0.3, 0.4) is 0 Å². The summed E-state index contributed by atoms with van der Waals surface area (Å²) in [6, 6.07) is 10.5. The Morgan fingerprint density at radius 3 is 2.88 bits per heavy atom. The second-order valence-electron chi connectivity index (χ2n) is 7.39. The fourth-order valence-corrected chi connectivity index (χ4v) is 5.10. The number of rotatable bonds is 4. The molecule has 3 N–H and O–H groups in total. The van der Waals surface area contributed by atoms with E-state index < -0.39 is 5.91 Å². The Hall–Kier alpha value is -3.27. The monoisotopic (exact) mass is 471 g/mol. The predicted octanol–water partition coefficient (Wildman–Crippen LogP) is 4.47. The SMILES string of the molecule is COc1cc(Cl)ccc1-c1cc2[nH]c(C(=O)N3CCc4sc(C(=O)NO)cc4C3)cc2o1. The Balaban J connectivity index is 1.38. The zero-order chi connectivity index (χ0) is 22.4. The number of thiophene rings is 1. The molecule has 3 aromatic heterocycles. The quantitative estimate of drug-likeness (QED) is 0.300. The van der Waals surface area contributed by atoms with Gasteiger partial charge in [0, 0.05) is 35.1 Å². The molecular weight excluding hydrogens is 454 g/mol. The highest BCUT2D eigenvalue weighted by atomic mass is 35.5. The van der Waals surface area contributed by atoms with Gasteiger partial charge in [-0.05, 0) is 36.2 Å². The van der Waals surface area contributed by atoms with Crippen LogP contribution in [0.15, 0.2) is 40.8 Å². The fraction of sp³-hybridized carbons (Fsp3) is 0.182. The number of aromatic amines is 1. The van der Waals surface area contributed by atoms with Crippen molar-refractivity contribution in [3.63, 3.8) is 0 Å². The third-order valence-corrected chi connectivity index (χ3v) is 6.92. The lowest BCUT2D eigenvalue weighted by Crippen LogP contribution is -2.35. The number of fused-ring (bicyclic) bond motifs is 2. The molecule has 4 aromatic rings. The lowest BCUT2D eigenvalue weighted by Gasteiger charge is -2.26. The van der Waals surface area contributed by atoms with Crippen molar-refractivity contribution in [2.75, 3.05) is 13.7 Å². The number of hydroxylamine groups is 1. The van der Waals surface area contributed by atoms with Crippen molar-refractivity contribution in [2.45, 2.75) is 13.0 Å². The van der Waals surface area contributed by atoms with Crippen molar-refractivity contribution < 1.29 is 24.0 Å². The summed E-state index contributed by atoms with van der Waals surface area (Å²) in [5, 5.41) is 9.40. The average Bonchev–Trinajstić information content (AvgIpc) is 3.50. The third-order valence-electron chi connectivity index (χ3n) is 5.44. The molecule has 1 aliphatic heterocycles. The third kappa shape index (κ3) is 3.54. The minimum atomic E-state index is -0.542. The van der Waals surface area contributed by atoms with Gasteiger partial charge in [-0.1, -0.05) is 11.6 Å². The molecule has 0 unspecified atom stereocenters. The van der Waals surface area contributed by atoms with Gasteiger partial charge in [-0.3, -0.25) is 14.8 Å². The van der Waals surface area contributed by atoms with Gasteiger partial charge in [0.1, 0.15) is 17.2 Å². The first-order valence-corrected chi connectivity index (χ1v) is 11.0. The number of carbonyl (C=O) groups is 2. The number of H-pyrrole nitrogens is 1. The normalized spacial score (nSPS) is 13.3. The van der Waals surface area contributed by atoms with Crippen LogP contribution in [0.1, 0.15) is 30.6 Å². The standard InChI is InChI=1S/C22H18ClN3O5S/c1-30-16-7-12(23)2-3-13(16)17-8-14-18(31-17)9-15(24-14)22(28)26-5-4-19-11(10-26)6-20(32-19)21(27)25-29/h2-3,6-9,24,29H,4-5,10H2,1H3,(H,25,27). The summed E-state index contributed by atoms with van der Waals surface area (Å²) in [5.74, 6) is 0.515. The number of nitrogens with one attached hydrogen (secondary N) is 2. The van der Waals surface area contributed by atoms with Crippen LogP contribution in [0.4, 0.5) is 0 Å². The molecule has 1 aromatic carbocycles. The summed E-state index contributed by atoms with van der Waals surface area (Å²) in [6.07, 6.45) is 0.655. The van der Waals surface area contributed by atoms with Gasteiger partial charge in [-0.2, -0.15) is 0 Å². The summed E-state index contributed by atoms with van der Waals surface area (Å²) in [5.41, 5.74) is 5.03.